The van der Waals surface area contributed by atoms with Gasteiger partial charge in [-0.1, -0.05) is 60.1 Å². The molecule has 3 fully saturated rings. The maximum Gasteiger partial charge on any atom is 0.226 e. The number of carbonyl (C=O) groups excluding carboxylic acids is 3. The molecule has 0 aromatic heterocycles. The van der Waals surface area contributed by atoms with E-state index in [-0.39, 0.29) is 46.4 Å². The minimum Gasteiger partial charge on any atom is -0.307 e. The van der Waals surface area contributed by atoms with E-state index in [0.717, 1.165) is 24.8 Å². The number of fused-ring (bicyclic) bond motifs is 7. The van der Waals surface area contributed by atoms with Crippen molar-refractivity contribution in [2.45, 2.75) is 87.0 Å². The summed E-state index contributed by atoms with van der Waals surface area (Å²) in [5.41, 5.74) is 7.60. The molecule has 5 rings (SSSR count). The van der Waals surface area contributed by atoms with Crippen molar-refractivity contribution < 1.29 is 14.4 Å². The van der Waals surface area contributed by atoms with E-state index in [2.05, 4.69) is 49.5 Å². The Bertz CT molecular complexity index is 1300. The van der Waals surface area contributed by atoms with E-state index in [1.165, 1.54) is 0 Å². The van der Waals surface area contributed by atoms with Crippen LogP contribution in [0.15, 0.2) is 28.5 Å². The van der Waals surface area contributed by atoms with Crippen LogP contribution in [-0.2, 0) is 14.4 Å². The molecular weight excluding hydrogens is 476 g/mol. The second kappa shape index (κ2) is 8.15. The summed E-state index contributed by atoms with van der Waals surface area (Å²) in [5, 5.41) is 3.62. The lowest BCUT2D eigenvalue weighted by Gasteiger charge is -2.69. The van der Waals surface area contributed by atoms with Gasteiger partial charge in [0, 0.05) is 27.1 Å². The van der Waals surface area contributed by atoms with Crippen LogP contribution < -0.4 is 0 Å². The standard InChI is InChI=1S/C31H40N4O3/c1-17-9-12-31(26(38)34-35-32)14-13-30(7)24(23(31)18(17)2)20(36)15-22-28(5)16-19(33-8)25(37)27(3,4)21(28)10-11-29(22,30)6/h15-18,21,23-24H,9-14H2,1-7H3/t17-,18+,21+,23+,24-,28+,29-,30-,31+/m1/s1. The molecule has 5 aliphatic rings. The molecule has 9 atom stereocenters. The number of azide groups is 1. The third-order valence-electron chi connectivity index (χ3n) is 12.8. The van der Waals surface area contributed by atoms with Crippen molar-refractivity contribution in [3.63, 3.8) is 0 Å². The summed E-state index contributed by atoms with van der Waals surface area (Å²) in [7, 11) is 0. The van der Waals surface area contributed by atoms with E-state index in [9.17, 15) is 14.4 Å². The van der Waals surface area contributed by atoms with Crippen molar-refractivity contribution in [2.24, 2.45) is 61.8 Å². The fourth-order valence-electron chi connectivity index (χ4n) is 10.3. The highest BCUT2D eigenvalue weighted by molar-refractivity contribution is 6.03. The lowest BCUT2D eigenvalue weighted by molar-refractivity contribution is -0.181. The molecular formula is C31H40N4O3. The van der Waals surface area contributed by atoms with Crippen molar-refractivity contribution in [3.8, 4) is 0 Å². The predicted octanol–water partition coefficient (Wildman–Crippen LogP) is 7.25. The van der Waals surface area contributed by atoms with Crippen LogP contribution in [0.3, 0.4) is 0 Å². The van der Waals surface area contributed by atoms with Crippen molar-refractivity contribution >= 4 is 17.5 Å². The Hall–Kier alpha value is -2.71. The van der Waals surface area contributed by atoms with E-state index in [4.69, 9.17) is 12.1 Å². The Balaban J connectivity index is 1.72. The first kappa shape index (κ1) is 26.9. The molecule has 0 spiro atoms. The summed E-state index contributed by atoms with van der Waals surface area (Å²) in [6.45, 7) is 22.7. The number of Topliss-reactive ketones (excluding diaryl/α,β-unsaturated/α-hetero) is 1. The number of nitrogens with zero attached hydrogens (tertiary/aromatic N) is 4. The van der Waals surface area contributed by atoms with Gasteiger partial charge in [-0.25, -0.2) is 4.85 Å². The fourth-order valence-corrected chi connectivity index (χ4v) is 10.3. The van der Waals surface area contributed by atoms with Gasteiger partial charge in [0.2, 0.25) is 11.6 Å². The number of carbonyl (C=O) groups is 3. The first-order chi connectivity index (χ1) is 17.7. The highest BCUT2D eigenvalue weighted by atomic mass is 16.2. The number of allylic oxidation sites excluding steroid dienone is 4. The van der Waals surface area contributed by atoms with Gasteiger partial charge in [-0.15, -0.1) is 0 Å². The Labute approximate surface area is 225 Å². The largest absolute Gasteiger partial charge is 0.307 e. The van der Waals surface area contributed by atoms with E-state index >= 15 is 0 Å². The molecule has 0 aromatic rings. The molecule has 0 unspecified atom stereocenters. The summed E-state index contributed by atoms with van der Waals surface area (Å²) in [4.78, 5) is 47.6. The van der Waals surface area contributed by atoms with Gasteiger partial charge in [-0.05, 0) is 89.7 Å². The van der Waals surface area contributed by atoms with Gasteiger partial charge in [0.25, 0.3) is 0 Å². The van der Waals surface area contributed by atoms with Gasteiger partial charge in [-0.2, -0.15) is 0 Å². The number of ketones is 2. The van der Waals surface area contributed by atoms with E-state index in [1.807, 2.05) is 26.0 Å². The summed E-state index contributed by atoms with van der Waals surface area (Å²) in [6, 6.07) is 0. The molecule has 38 heavy (non-hydrogen) atoms. The normalized spacial score (nSPS) is 47.1. The monoisotopic (exact) mass is 516 g/mol. The van der Waals surface area contributed by atoms with Crippen molar-refractivity contribution in [2.75, 3.05) is 0 Å². The summed E-state index contributed by atoms with van der Waals surface area (Å²) in [6.07, 6.45) is 8.25. The Morgan fingerprint density at radius 2 is 1.74 bits per heavy atom. The molecule has 7 heteroatoms. The second-order valence-corrected chi connectivity index (χ2v) is 14.3. The van der Waals surface area contributed by atoms with Crippen LogP contribution >= 0.6 is 0 Å². The molecule has 0 N–H and O–H groups in total. The van der Waals surface area contributed by atoms with Gasteiger partial charge in [-0.3, -0.25) is 9.59 Å². The lowest BCUT2D eigenvalue weighted by Crippen LogP contribution is -2.66. The molecule has 0 saturated heterocycles. The third-order valence-corrected chi connectivity index (χ3v) is 12.8. The van der Waals surface area contributed by atoms with E-state index in [0.29, 0.717) is 25.2 Å². The SMILES string of the molecule is [C-]#[N+]C1=C[C@]2(C)C3=CC(=O)[C@@H]4[C@@H]5[C@@H](C)[C@H](C)CC[C@]5(C(=O)N=[N+]=[N-])CC[C@@]4(C)[C@]3(C)CC[C@H]2C(C)(C)C1=O. The molecule has 3 saturated carbocycles. The lowest BCUT2D eigenvalue weighted by atomic mass is 9.34. The van der Waals surface area contributed by atoms with Gasteiger partial charge in [0.1, 0.15) is 0 Å². The highest BCUT2D eigenvalue weighted by Crippen LogP contribution is 2.74. The highest BCUT2D eigenvalue weighted by Gasteiger charge is 2.71. The molecule has 202 valence electrons. The first-order valence-electron chi connectivity index (χ1n) is 14.2. The zero-order chi connectivity index (χ0) is 28.1. The predicted molar refractivity (Wildman–Crippen MR) is 144 cm³/mol. The summed E-state index contributed by atoms with van der Waals surface area (Å²) in [5.74, 6) is -0.469. The number of hydrogen-bond acceptors (Lipinski definition) is 3. The molecule has 0 aromatic carbocycles. The van der Waals surface area contributed by atoms with Gasteiger partial charge < -0.3 is 4.79 Å². The quantitative estimate of drug-likeness (QED) is 0.159. The zero-order valence-corrected chi connectivity index (χ0v) is 23.8. The Morgan fingerprint density at radius 3 is 2.37 bits per heavy atom. The average molecular weight is 517 g/mol. The van der Waals surface area contributed by atoms with Gasteiger partial charge in [0.05, 0.1) is 6.57 Å². The van der Waals surface area contributed by atoms with Gasteiger partial charge >= 0.3 is 0 Å². The number of amides is 1. The van der Waals surface area contributed by atoms with E-state index in [1.54, 1.807) is 0 Å². The van der Waals surface area contributed by atoms with Crippen LogP contribution in [0.2, 0.25) is 0 Å². The van der Waals surface area contributed by atoms with Crippen LogP contribution in [0, 0.1) is 63.2 Å². The topological polar surface area (TPSA) is 104 Å². The summed E-state index contributed by atoms with van der Waals surface area (Å²) >= 11 is 0. The Kier molecular flexibility index (Phi) is 5.76. The molecule has 0 heterocycles. The van der Waals surface area contributed by atoms with Crippen molar-refractivity contribution in [3.05, 3.63) is 45.3 Å². The minimum atomic E-state index is -0.794. The van der Waals surface area contributed by atoms with Gasteiger partial charge in [0.15, 0.2) is 11.6 Å². The minimum absolute atomic E-state index is 0.00289. The maximum absolute atomic E-state index is 14.4. The summed E-state index contributed by atoms with van der Waals surface area (Å²) < 4.78 is 0. The molecule has 0 bridgehead atoms. The molecule has 7 nitrogen and oxygen atoms in total. The van der Waals surface area contributed by atoms with Crippen LogP contribution in [0.4, 0.5) is 0 Å². The smallest absolute Gasteiger partial charge is 0.226 e. The molecule has 1 amide bonds. The molecule has 0 aliphatic heterocycles. The third kappa shape index (κ3) is 3.02. The van der Waals surface area contributed by atoms with Crippen molar-refractivity contribution in [1.82, 2.24) is 0 Å². The Morgan fingerprint density at radius 1 is 1.05 bits per heavy atom. The van der Waals surface area contributed by atoms with Crippen LogP contribution in [0.1, 0.15) is 87.0 Å². The van der Waals surface area contributed by atoms with Crippen LogP contribution in [-0.4, -0.2) is 17.5 Å². The molecule has 5 aliphatic carbocycles. The fraction of sp³-hybridized carbons (Fsp3) is 0.742. The second-order valence-electron chi connectivity index (χ2n) is 14.3. The first-order valence-corrected chi connectivity index (χ1v) is 14.2. The molecule has 0 radical (unpaired) electrons. The van der Waals surface area contributed by atoms with E-state index < -0.39 is 27.6 Å². The average Bonchev–Trinajstić information content (AvgIpc) is 2.85. The van der Waals surface area contributed by atoms with Crippen LogP contribution in [0.25, 0.3) is 15.3 Å². The number of hydrogen-bond donors (Lipinski definition) is 0. The zero-order valence-electron chi connectivity index (χ0n) is 23.8. The van der Waals surface area contributed by atoms with Crippen molar-refractivity contribution in [1.29, 1.82) is 0 Å². The van der Waals surface area contributed by atoms with Crippen LogP contribution in [0.5, 0.6) is 0 Å². The maximum atomic E-state index is 14.4. The number of rotatable bonds is 1.